The van der Waals surface area contributed by atoms with Crippen molar-refractivity contribution in [1.82, 2.24) is 0 Å². The van der Waals surface area contributed by atoms with Crippen LogP contribution < -0.4 is 0 Å². The van der Waals surface area contributed by atoms with E-state index in [9.17, 15) is 9.90 Å². The molecule has 2 rings (SSSR count). The lowest BCUT2D eigenvalue weighted by Gasteiger charge is -2.05. The largest absolute Gasteiger partial charge is 0.508 e. The van der Waals surface area contributed by atoms with Crippen LogP contribution in [0.3, 0.4) is 0 Å². The van der Waals surface area contributed by atoms with Crippen LogP contribution in [0.15, 0.2) is 54.3 Å². The molecule has 0 atom stereocenters. The van der Waals surface area contributed by atoms with Gasteiger partial charge < -0.3 is 14.9 Å². The third kappa shape index (κ3) is 3.86. The average molecular weight is 284 g/mol. The number of carbonyl (C=O) groups is 1. The molecule has 0 bridgehead atoms. The summed E-state index contributed by atoms with van der Waals surface area (Å²) in [5.74, 6) is -0.935. The van der Waals surface area contributed by atoms with Crippen LogP contribution in [-0.2, 0) is 9.53 Å². The SMILES string of the molecule is CCO/C(=C/c1ccc(-c2ccc(O)cc2)cc1)C(=O)O. The molecule has 0 aliphatic rings. The van der Waals surface area contributed by atoms with Gasteiger partial charge in [0.1, 0.15) is 5.75 Å². The number of hydrogen-bond acceptors (Lipinski definition) is 3. The normalized spacial score (nSPS) is 11.2. The van der Waals surface area contributed by atoms with Gasteiger partial charge in [-0.3, -0.25) is 0 Å². The van der Waals surface area contributed by atoms with Gasteiger partial charge in [-0.05, 0) is 41.8 Å². The lowest BCUT2D eigenvalue weighted by molar-refractivity contribution is -0.136. The highest BCUT2D eigenvalue weighted by molar-refractivity contribution is 5.90. The van der Waals surface area contributed by atoms with Crippen molar-refractivity contribution in [2.45, 2.75) is 6.92 Å². The van der Waals surface area contributed by atoms with E-state index in [0.717, 1.165) is 16.7 Å². The van der Waals surface area contributed by atoms with Gasteiger partial charge in [0.05, 0.1) is 6.61 Å². The van der Waals surface area contributed by atoms with Crippen molar-refractivity contribution in [2.75, 3.05) is 6.61 Å². The molecule has 0 fully saturated rings. The van der Waals surface area contributed by atoms with Crippen LogP contribution in [0.5, 0.6) is 5.75 Å². The Labute approximate surface area is 122 Å². The van der Waals surface area contributed by atoms with Crippen LogP contribution in [0.1, 0.15) is 12.5 Å². The van der Waals surface area contributed by atoms with Crippen molar-refractivity contribution in [3.63, 3.8) is 0 Å². The topological polar surface area (TPSA) is 66.8 Å². The van der Waals surface area contributed by atoms with E-state index in [1.54, 1.807) is 19.1 Å². The summed E-state index contributed by atoms with van der Waals surface area (Å²) < 4.78 is 5.07. The van der Waals surface area contributed by atoms with Crippen molar-refractivity contribution in [3.05, 3.63) is 59.9 Å². The summed E-state index contributed by atoms with van der Waals surface area (Å²) in [4.78, 5) is 11.0. The summed E-state index contributed by atoms with van der Waals surface area (Å²) in [6.07, 6.45) is 1.49. The van der Waals surface area contributed by atoms with Crippen LogP contribution >= 0.6 is 0 Å². The summed E-state index contributed by atoms with van der Waals surface area (Å²) in [6, 6.07) is 14.3. The summed E-state index contributed by atoms with van der Waals surface area (Å²) in [5.41, 5.74) is 2.72. The van der Waals surface area contributed by atoms with Crippen LogP contribution in [-0.4, -0.2) is 22.8 Å². The predicted octanol–water partition coefficient (Wildman–Crippen LogP) is 3.52. The maximum atomic E-state index is 11.0. The van der Waals surface area contributed by atoms with Gasteiger partial charge in [-0.15, -0.1) is 0 Å². The Kier molecular flexibility index (Phi) is 4.61. The molecule has 4 nitrogen and oxygen atoms in total. The monoisotopic (exact) mass is 284 g/mol. The third-order valence-electron chi connectivity index (χ3n) is 2.92. The molecular weight excluding hydrogens is 268 g/mol. The van der Waals surface area contributed by atoms with E-state index in [0.29, 0.717) is 6.61 Å². The quantitative estimate of drug-likeness (QED) is 0.651. The number of ether oxygens (including phenoxy) is 1. The van der Waals surface area contributed by atoms with E-state index in [-0.39, 0.29) is 11.5 Å². The minimum absolute atomic E-state index is 0.0742. The maximum Gasteiger partial charge on any atom is 0.371 e. The van der Waals surface area contributed by atoms with E-state index in [1.165, 1.54) is 6.08 Å². The fourth-order valence-corrected chi connectivity index (χ4v) is 1.90. The molecule has 0 aliphatic carbocycles. The minimum Gasteiger partial charge on any atom is -0.508 e. The number of hydrogen-bond donors (Lipinski definition) is 2. The molecule has 0 saturated heterocycles. The zero-order chi connectivity index (χ0) is 15.2. The van der Waals surface area contributed by atoms with Crippen LogP contribution in [0, 0.1) is 0 Å². The van der Waals surface area contributed by atoms with E-state index in [4.69, 9.17) is 9.84 Å². The fraction of sp³-hybridized carbons (Fsp3) is 0.118. The molecule has 0 saturated carbocycles. The molecule has 0 unspecified atom stereocenters. The summed E-state index contributed by atoms with van der Waals surface area (Å²) in [5, 5.41) is 18.3. The molecule has 2 N–H and O–H groups in total. The molecule has 0 amide bonds. The first-order chi connectivity index (χ1) is 10.1. The van der Waals surface area contributed by atoms with Gasteiger partial charge in [-0.2, -0.15) is 0 Å². The van der Waals surface area contributed by atoms with Gasteiger partial charge in [0.25, 0.3) is 0 Å². The molecule has 0 aromatic heterocycles. The average Bonchev–Trinajstić information content (AvgIpc) is 2.48. The second-order valence-corrected chi connectivity index (χ2v) is 4.42. The van der Waals surface area contributed by atoms with E-state index < -0.39 is 5.97 Å². The van der Waals surface area contributed by atoms with Crippen LogP contribution in [0.25, 0.3) is 17.2 Å². The van der Waals surface area contributed by atoms with Gasteiger partial charge >= 0.3 is 5.97 Å². The molecule has 0 aliphatic heterocycles. The van der Waals surface area contributed by atoms with Gasteiger partial charge in [0.15, 0.2) is 0 Å². The van der Waals surface area contributed by atoms with Gasteiger partial charge in [-0.1, -0.05) is 36.4 Å². The fourth-order valence-electron chi connectivity index (χ4n) is 1.90. The Morgan fingerprint density at radius 1 is 1.05 bits per heavy atom. The Morgan fingerprint density at radius 2 is 1.57 bits per heavy atom. The first kappa shape index (κ1) is 14.7. The van der Waals surface area contributed by atoms with Crippen molar-refractivity contribution in [3.8, 4) is 16.9 Å². The first-order valence-electron chi connectivity index (χ1n) is 6.57. The molecule has 108 valence electrons. The Bertz CT molecular complexity index is 639. The molecule has 0 heterocycles. The van der Waals surface area contributed by atoms with E-state index in [2.05, 4.69) is 0 Å². The zero-order valence-electron chi connectivity index (χ0n) is 11.6. The maximum absolute atomic E-state index is 11.0. The Hall–Kier alpha value is -2.75. The van der Waals surface area contributed by atoms with Crippen LogP contribution in [0.4, 0.5) is 0 Å². The highest BCUT2D eigenvalue weighted by Gasteiger charge is 2.07. The van der Waals surface area contributed by atoms with E-state index in [1.807, 2.05) is 36.4 Å². The Balaban J connectivity index is 2.24. The number of phenols is 1. The number of carboxylic acids is 1. The summed E-state index contributed by atoms with van der Waals surface area (Å²) >= 11 is 0. The lowest BCUT2D eigenvalue weighted by atomic mass is 10.0. The minimum atomic E-state index is -1.08. The number of phenolic OH excluding ortho intramolecular Hbond substituents is 1. The van der Waals surface area contributed by atoms with Crippen molar-refractivity contribution >= 4 is 12.0 Å². The van der Waals surface area contributed by atoms with Crippen molar-refractivity contribution in [2.24, 2.45) is 0 Å². The van der Waals surface area contributed by atoms with Crippen molar-refractivity contribution in [1.29, 1.82) is 0 Å². The second kappa shape index (κ2) is 6.61. The van der Waals surface area contributed by atoms with Crippen molar-refractivity contribution < 1.29 is 19.7 Å². The van der Waals surface area contributed by atoms with Gasteiger partial charge in [0.2, 0.25) is 5.76 Å². The lowest BCUT2D eigenvalue weighted by Crippen LogP contribution is -2.04. The molecule has 0 spiro atoms. The summed E-state index contributed by atoms with van der Waals surface area (Å²) in [7, 11) is 0. The first-order valence-corrected chi connectivity index (χ1v) is 6.57. The second-order valence-electron chi connectivity index (χ2n) is 4.42. The van der Waals surface area contributed by atoms with Gasteiger partial charge in [0, 0.05) is 0 Å². The summed E-state index contributed by atoms with van der Waals surface area (Å²) in [6.45, 7) is 2.05. The number of rotatable bonds is 5. The predicted molar refractivity (Wildman–Crippen MR) is 80.8 cm³/mol. The highest BCUT2D eigenvalue weighted by atomic mass is 16.5. The Morgan fingerprint density at radius 3 is 2.05 bits per heavy atom. The third-order valence-corrected chi connectivity index (χ3v) is 2.92. The number of aliphatic carboxylic acids is 1. The molecule has 0 radical (unpaired) electrons. The molecular formula is C17H16O4. The zero-order valence-corrected chi connectivity index (χ0v) is 11.6. The van der Waals surface area contributed by atoms with Gasteiger partial charge in [-0.25, -0.2) is 4.79 Å². The smallest absolute Gasteiger partial charge is 0.371 e. The standard InChI is InChI=1S/C17H16O4/c1-2-21-16(17(19)20)11-12-3-5-13(6-4-12)14-7-9-15(18)10-8-14/h3-11,18H,2H2,1H3,(H,19,20)/b16-11+. The number of aromatic hydroxyl groups is 1. The molecule has 4 heteroatoms. The molecule has 21 heavy (non-hydrogen) atoms. The van der Waals surface area contributed by atoms with Crippen LogP contribution in [0.2, 0.25) is 0 Å². The highest BCUT2D eigenvalue weighted by Crippen LogP contribution is 2.22. The number of carboxylic acid groups (broad SMARTS) is 1. The molecule has 2 aromatic rings. The number of benzene rings is 2. The van der Waals surface area contributed by atoms with E-state index >= 15 is 0 Å². The molecule has 2 aromatic carbocycles.